The van der Waals surface area contributed by atoms with Crippen LogP contribution in [0.15, 0.2) is 0 Å². The SMILES string of the molecule is NCCCN(C(=O)CCC(F)(F)F)C1CCCCCC1. The summed E-state index contributed by atoms with van der Waals surface area (Å²) in [4.78, 5) is 13.7. The molecule has 0 heterocycles. The summed E-state index contributed by atoms with van der Waals surface area (Å²) in [5.74, 6) is -0.373. The maximum Gasteiger partial charge on any atom is 0.389 e. The molecule has 2 N–H and O–H groups in total. The fourth-order valence-electron chi connectivity index (χ4n) is 2.73. The topological polar surface area (TPSA) is 46.3 Å². The molecule has 0 aromatic carbocycles. The molecule has 0 aliphatic heterocycles. The lowest BCUT2D eigenvalue weighted by Gasteiger charge is -2.31. The van der Waals surface area contributed by atoms with Gasteiger partial charge >= 0.3 is 6.18 Å². The van der Waals surface area contributed by atoms with Crippen molar-refractivity contribution < 1.29 is 18.0 Å². The van der Waals surface area contributed by atoms with Crippen molar-refractivity contribution >= 4 is 5.91 Å². The summed E-state index contributed by atoms with van der Waals surface area (Å²) in [7, 11) is 0. The van der Waals surface area contributed by atoms with Gasteiger partial charge in [-0.15, -0.1) is 0 Å². The minimum atomic E-state index is -4.27. The standard InChI is InChI=1S/C14H25F3N2O/c15-14(16,17)9-8-13(20)19(11-5-10-18)12-6-3-1-2-4-7-12/h12H,1-11,18H2. The summed E-state index contributed by atoms with van der Waals surface area (Å²) in [5.41, 5.74) is 5.46. The third-order valence-corrected chi connectivity index (χ3v) is 3.81. The van der Waals surface area contributed by atoms with E-state index in [9.17, 15) is 18.0 Å². The molecule has 0 saturated heterocycles. The van der Waals surface area contributed by atoms with Crippen molar-refractivity contribution in [3.05, 3.63) is 0 Å². The minimum absolute atomic E-state index is 0.102. The lowest BCUT2D eigenvalue weighted by molar-refractivity contribution is -0.150. The third kappa shape index (κ3) is 6.59. The van der Waals surface area contributed by atoms with Gasteiger partial charge in [0.05, 0.1) is 6.42 Å². The van der Waals surface area contributed by atoms with E-state index in [0.29, 0.717) is 19.5 Å². The van der Waals surface area contributed by atoms with E-state index in [1.54, 1.807) is 4.90 Å². The van der Waals surface area contributed by atoms with E-state index in [-0.39, 0.29) is 11.9 Å². The summed E-state index contributed by atoms with van der Waals surface area (Å²) in [6.07, 6.45) is 1.13. The van der Waals surface area contributed by atoms with Gasteiger partial charge in [-0.3, -0.25) is 4.79 Å². The van der Waals surface area contributed by atoms with E-state index in [2.05, 4.69) is 0 Å². The zero-order valence-electron chi connectivity index (χ0n) is 11.9. The Morgan fingerprint density at radius 3 is 2.25 bits per heavy atom. The second-order valence-electron chi connectivity index (χ2n) is 5.49. The Hall–Kier alpha value is -0.780. The number of hydrogen-bond donors (Lipinski definition) is 1. The summed E-state index contributed by atoms with van der Waals surface area (Å²) in [6.45, 7) is 0.938. The van der Waals surface area contributed by atoms with Gasteiger partial charge in [0.1, 0.15) is 0 Å². The van der Waals surface area contributed by atoms with Crippen molar-refractivity contribution in [2.75, 3.05) is 13.1 Å². The van der Waals surface area contributed by atoms with Crippen LogP contribution >= 0.6 is 0 Å². The van der Waals surface area contributed by atoms with Crippen molar-refractivity contribution in [1.29, 1.82) is 0 Å². The molecule has 1 aliphatic carbocycles. The molecule has 0 aromatic heterocycles. The number of halogens is 3. The molecule has 0 aromatic rings. The fourth-order valence-corrected chi connectivity index (χ4v) is 2.73. The maximum atomic E-state index is 12.2. The molecule has 0 unspecified atom stereocenters. The van der Waals surface area contributed by atoms with Gasteiger partial charge in [0.15, 0.2) is 0 Å². The molecule has 0 radical (unpaired) electrons. The van der Waals surface area contributed by atoms with Gasteiger partial charge in [0, 0.05) is 19.0 Å². The van der Waals surface area contributed by atoms with Crippen LogP contribution in [0.4, 0.5) is 13.2 Å². The molecule has 20 heavy (non-hydrogen) atoms. The summed E-state index contributed by atoms with van der Waals surface area (Å²) < 4.78 is 36.7. The molecule has 1 amide bonds. The first-order chi connectivity index (χ1) is 9.44. The van der Waals surface area contributed by atoms with Crippen LogP contribution in [0.1, 0.15) is 57.8 Å². The Kier molecular flexibility index (Phi) is 7.34. The first-order valence-electron chi connectivity index (χ1n) is 7.50. The monoisotopic (exact) mass is 294 g/mol. The van der Waals surface area contributed by atoms with Gasteiger partial charge in [-0.2, -0.15) is 13.2 Å². The van der Waals surface area contributed by atoms with E-state index in [4.69, 9.17) is 5.73 Å². The van der Waals surface area contributed by atoms with Crippen molar-refractivity contribution in [2.24, 2.45) is 5.73 Å². The molecule has 1 fully saturated rings. The second kappa shape index (κ2) is 8.49. The number of carbonyl (C=O) groups excluding carboxylic acids is 1. The number of alkyl halides is 3. The van der Waals surface area contributed by atoms with Crippen LogP contribution in [-0.2, 0) is 4.79 Å². The summed E-state index contributed by atoms with van der Waals surface area (Å²) >= 11 is 0. The largest absolute Gasteiger partial charge is 0.389 e. The average Bonchev–Trinajstić information content (AvgIpc) is 2.65. The Labute approximate surface area is 118 Å². The highest BCUT2D eigenvalue weighted by atomic mass is 19.4. The van der Waals surface area contributed by atoms with Crippen molar-refractivity contribution in [3.8, 4) is 0 Å². The number of hydrogen-bond acceptors (Lipinski definition) is 2. The number of rotatable bonds is 6. The van der Waals surface area contributed by atoms with Crippen molar-refractivity contribution in [1.82, 2.24) is 4.90 Å². The fraction of sp³-hybridized carbons (Fsp3) is 0.929. The molecule has 0 atom stereocenters. The molecule has 0 bridgehead atoms. The maximum absolute atomic E-state index is 12.2. The highest BCUT2D eigenvalue weighted by molar-refractivity contribution is 5.76. The summed E-state index contributed by atoms with van der Waals surface area (Å²) in [5, 5.41) is 0. The first-order valence-corrected chi connectivity index (χ1v) is 7.50. The van der Waals surface area contributed by atoms with Crippen LogP contribution in [-0.4, -0.2) is 36.1 Å². The molecule has 0 spiro atoms. The molecular formula is C14H25F3N2O. The highest BCUT2D eigenvalue weighted by Crippen LogP contribution is 2.25. The Morgan fingerprint density at radius 1 is 1.15 bits per heavy atom. The predicted molar refractivity (Wildman–Crippen MR) is 72.2 cm³/mol. The Balaban J connectivity index is 2.58. The van der Waals surface area contributed by atoms with Crippen molar-refractivity contribution in [3.63, 3.8) is 0 Å². The van der Waals surface area contributed by atoms with Crippen LogP contribution in [0.25, 0.3) is 0 Å². The van der Waals surface area contributed by atoms with Gasteiger partial charge in [-0.1, -0.05) is 25.7 Å². The molecule has 118 valence electrons. The Morgan fingerprint density at radius 2 is 1.75 bits per heavy atom. The van der Waals surface area contributed by atoms with Crippen LogP contribution in [0.5, 0.6) is 0 Å². The molecular weight excluding hydrogens is 269 g/mol. The molecule has 1 rings (SSSR count). The van der Waals surface area contributed by atoms with Crippen LogP contribution in [0.2, 0.25) is 0 Å². The smallest absolute Gasteiger partial charge is 0.340 e. The number of nitrogens with zero attached hydrogens (tertiary/aromatic N) is 1. The van der Waals surface area contributed by atoms with Gasteiger partial charge < -0.3 is 10.6 Å². The highest BCUT2D eigenvalue weighted by Gasteiger charge is 2.31. The van der Waals surface area contributed by atoms with Crippen LogP contribution < -0.4 is 5.73 Å². The first kappa shape index (κ1) is 17.3. The molecule has 1 saturated carbocycles. The quantitative estimate of drug-likeness (QED) is 0.764. The van der Waals surface area contributed by atoms with E-state index >= 15 is 0 Å². The number of carbonyl (C=O) groups is 1. The van der Waals surface area contributed by atoms with E-state index in [1.165, 1.54) is 0 Å². The van der Waals surface area contributed by atoms with Gasteiger partial charge in [0.2, 0.25) is 5.91 Å². The number of nitrogens with two attached hydrogens (primary N) is 1. The van der Waals surface area contributed by atoms with E-state index < -0.39 is 19.0 Å². The second-order valence-corrected chi connectivity index (χ2v) is 5.49. The molecule has 1 aliphatic rings. The lowest BCUT2D eigenvalue weighted by atomic mass is 10.1. The normalized spacial score (nSPS) is 17.8. The number of amides is 1. The summed E-state index contributed by atoms with van der Waals surface area (Å²) in [6, 6.07) is 0.102. The zero-order chi connectivity index (χ0) is 15.0. The minimum Gasteiger partial charge on any atom is -0.340 e. The van der Waals surface area contributed by atoms with Crippen molar-refractivity contribution in [2.45, 2.75) is 70.0 Å². The Bertz CT molecular complexity index is 287. The average molecular weight is 294 g/mol. The molecule has 3 nitrogen and oxygen atoms in total. The van der Waals surface area contributed by atoms with Crippen LogP contribution in [0.3, 0.4) is 0 Å². The zero-order valence-corrected chi connectivity index (χ0v) is 11.9. The molecule has 6 heteroatoms. The van der Waals surface area contributed by atoms with Gasteiger partial charge in [-0.05, 0) is 25.8 Å². The van der Waals surface area contributed by atoms with Gasteiger partial charge in [0.25, 0.3) is 0 Å². The van der Waals surface area contributed by atoms with E-state index in [0.717, 1.165) is 38.5 Å². The van der Waals surface area contributed by atoms with E-state index in [1.807, 2.05) is 0 Å². The lowest BCUT2D eigenvalue weighted by Crippen LogP contribution is -2.41. The predicted octanol–water partition coefficient (Wildman–Crippen LogP) is 3.23. The third-order valence-electron chi connectivity index (χ3n) is 3.81. The van der Waals surface area contributed by atoms with Crippen LogP contribution in [0, 0.1) is 0 Å². The van der Waals surface area contributed by atoms with Gasteiger partial charge in [-0.25, -0.2) is 0 Å².